The zero-order valence-corrected chi connectivity index (χ0v) is 19.4. The second kappa shape index (κ2) is 8.31. The maximum absolute atomic E-state index is 12.4. The fraction of sp³-hybridized carbons (Fsp3) is 0.308. The van der Waals surface area contributed by atoms with Crippen LogP contribution in [-0.2, 0) is 4.79 Å². The fourth-order valence-electron chi connectivity index (χ4n) is 4.07. The van der Waals surface area contributed by atoms with E-state index in [1.807, 2.05) is 50.2 Å². The van der Waals surface area contributed by atoms with Crippen LogP contribution in [0.2, 0.25) is 0 Å². The van der Waals surface area contributed by atoms with E-state index < -0.39 is 17.3 Å². The second-order valence-electron chi connectivity index (χ2n) is 8.90. The van der Waals surface area contributed by atoms with Crippen LogP contribution in [0.5, 0.6) is 11.8 Å². The van der Waals surface area contributed by atoms with Crippen LogP contribution in [0.3, 0.4) is 0 Å². The standard InChI is InChI=1S/C26H27N3O4/c1-6-29(5)24(30)17-10-8-16(9-11-17)20-14-13-19-21(26(3,4)25(31)32)18-12-7-15(2)27-22(18)33-23(19)28-20/h7-14,21H,6H2,1-5H3,(H,31,32). The lowest BCUT2D eigenvalue weighted by Gasteiger charge is -2.35. The van der Waals surface area contributed by atoms with Crippen LogP contribution in [0.15, 0.2) is 48.5 Å². The number of benzene rings is 1. The minimum Gasteiger partial charge on any atom is -0.481 e. The van der Waals surface area contributed by atoms with Crippen LogP contribution >= 0.6 is 0 Å². The van der Waals surface area contributed by atoms with E-state index in [-0.39, 0.29) is 5.91 Å². The number of fused-ring (bicyclic) bond motifs is 2. The number of nitrogens with zero attached hydrogens (tertiary/aromatic N) is 3. The SMILES string of the molecule is CCN(C)C(=O)c1ccc(-c2ccc3c(n2)Oc2nc(C)ccc2C3C(C)(C)C(=O)O)cc1. The van der Waals surface area contributed by atoms with Gasteiger partial charge in [-0.3, -0.25) is 9.59 Å². The summed E-state index contributed by atoms with van der Waals surface area (Å²) < 4.78 is 6.06. The Kier molecular flexibility index (Phi) is 5.66. The number of aryl methyl sites for hydroxylation is 1. The van der Waals surface area contributed by atoms with Crippen LogP contribution < -0.4 is 4.74 Å². The summed E-state index contributed by atoms with van der Waals surface area (Å²) in [6.07, 6.45) is 0. The van der Waals surface area contributed by atoms with E-state index >= 15 is 0 Å². The molecular weight excluding hydrogens is 418 g/mol. The molecule has 7 nitrogen and oxygen atoms in total. The summed E-state index contributed by atoms with van der Waals surface area (Å²) in [5.74, 6) is -0.679. The third-order valence-corrected chi connectivity index (χ3v) is 6.26. The summed E-state index contributed by atoms with van der Waals surface area (Å²) in [7, 11) is 1.77. The van der Waals surface area contributed by atoms with Crippen molar-refractivity contribution < 1.29 is 19.4 Å². The van der Waals surface area contributed by atoms with Crippen LogP contribution in [0.25, 0.3) is 11.3 Å². The molecule has 0 bridgehead atoms. The zero-order chi connectivity index (χ0) is 23.9. The Morgan fingerprint density at radius 1 is 1.00 bits per heavy atom. The highest BCUT2D eigenvalue weighted by molar-refractivity contribution is 5.94. The Morgan fingerprint density at radius 3 is 2.21 bits per heavy atom. The first-order chi connectivity index (χ1) is 15.6. The molecule has 4 rings (SSSR count). The van der Waals surface area contributed by atoms with Gasteiger partial charge in [-0.05, 0) is 52.0 Å². The molecule has 0 fully saturated rings. The second-order valence-corrected chi connectivity index (χ2v) is 8.90. The van der Waals surface area contributed by atoms with Gasteiger partial charge in [0.25, 0.3) is 5.91 Å². The molecule has 0 saturated heterocycles. The van der Waals surface area contributed by atoms with Crippen molar-refractivity contribution in [3.05, 3.63) is 70.9 Å². The van der Waals surface area contributed by atoms with E-state index in [1.54, 1.807) is 37.9 Å². The number of carboxylic acids is 1. The molecule has 7 heteroatoms. The molecule has 0 spiro atoms. The number of pyridine rings is 2. The number of hydrogen-bond donors (Lipinski definition) is 1. The number of ether oxygens (including phenoxy) is 1. The molecule has 1 aromatic carbocycles. The lowest BCUT2D eigenvalue weighted by atomic mass is 9.71. The molecule has 3 heterocycles. The first-order valence-electron chi connectivity index (χ1n) is 10.9. The third kappa shape index (κ3) is 3.95. The van der Waals surface area contributed by atoms with E-state index in [0.29, 0.717) is 35.1 Å². The molecule has 1 atom stereocenters. The number of aliphatic carboxylic acids is 1. The van der Waals surface area contributed by atoms with Gasteiger partial charge < -0.3 is 14.7 Å². The van der Waals surface area contributed by atoms with Crippen molar-refractivity contribution in [2.24, 2.45) is 5.41 Å². The topological polar surface area (TPSA) is 92.6 Å². The molecule has 33 heavy (non-hydrogen) atoms. The number of rotatable bonds is 5. The van der Waals surface area contributed by atoms with Crippen LogP contribution in [0.4, 0.5) is 0 Å². The zero-order valence-electron chi connectivity index (χ0n) is 19.4. The lowest BCUT2D eigenvalue weighted by Crippen LogP contribution is -2.34. The van der Waals surface area contributed by atoms with Crippen LogP contribution in [0.1, 0.15) is 53.9 Å². The van der Waals surface area contributed by atoms with E-state index in [9.17, 15) is 14.7 Å². The van der Waals surface area contributed by atoms with Gasteiger partial charge in [0.2, 0.25) is 11.8 Å². The number of carboxylic acid groups (broad SMARTS) is 1. The third-order valence-electron chi connectivity index (χ3n) is 6.26. The monoisotopic (exact) mass is 445 g/mol. The summed E-state index contributed by atoms with van der Waals surface area (Å²) in [6.45, 7) is 7.83. The first-order valence-corrected chi connectivity index (χ1v) is 10.9. The van der Waals surface area contributed by atoms with Crippen molar-refractivity contribution >= 4 is 11.9 Å². The molecule has 0 radical (unpaired) electrons. The van der Waals surface area contributed by atoms with Gasteiger partial charge in [0.15, 0.2) is 0 Å². The van der Waals surface area contributed by atoms with E-state index in [2.05, 4.69) is 4.98 Å². The normalized spacial score (nSPS) is 14.6. The number of aromatic nitrogens is 2. The van der Waals surface area contributed by atoms with Crippen LogP contribution in [-0.4, -0.2) is 45.4 Å². The highest BCUT2D eigenvalue weighted by atomic mass is 16.5. The van der Waals surface area contributed by atoms with E-state index in [0.717, 1.165) is 16.8 Å². The van der Waals surface area contributed by atoms with Crippen molar-refractivity contribution in [2.75, 3.05) is 13.6 Å². The maximum Gasteiger partial charge on any atom is 0.310 e. The van der Waals surface area contributed by atoms with Crippen molar-refractivity contribution in [1.82, 2.24) is 14.9 Å². The minimum atomic E-state index is -1.10. The predicted molar refractivity (Wildman–Crippen MR) is 125 cm³/mol. The Labute approximate surface area is 193 Å². The largest absolute Gasteiger partial charge is 0.481 e. The van der Waals surface area contributed by atoms with Gasteiger partial charge in [-0.2, -0.15) is 0 Å². The fourth-order valence-corrected chi connectivity index (χ4v) is 4.07. The van der Waals surface area contributed by atoms with Crippen molar-refractivity contribution in [2.45, 2.75) is 33.6 Å². The summed E-state index contributed by atoms with van der Waals surface area (Å²) in [5, 5.41) is 9.95. The highest BCUT2D eigenvalue weighted by Gasteiger charge is 2.44. The Hall–Kier alpha value is -3.74. The number of hydrogen-bond acceptors (Lipinski definition) is 5. The molecule has 170 valence electrons. The lowest BCUT2D eigenvalue weighted by molar-refractivity contribution is -0.147. The molecule has 0 saturated carbocycles. The van der Waals surface area contributed by atoms with Crippen LogP contribution in [0, 0.1) is 12.3 Å². The first kappa shape index (κ1) is 22.5. The van der Waals surface area contributed by atoms with E-state index in [4.69, 9.17) is 9.72 Å². The quantitative estimate of drug-likeness (QED) is 0.601. The maximum atomic E-state index is 12.4. The smallest absolute Gasteiger partial charge is 0.310 e. The number of carbonyl (C=O) groups excluding carboxylic acids is 1. The van der Waals surface area contributed by atoms with Crippen molar-refractivity contribution in [1.29, 1.82) is 0 Å². The summed E-state index contributed by atoms with van der Waals surface area (Å²) in [6, 6.07) is 14.7. The summed E-state index contributed by atoms with van der Waals surface area (Å²) in [5.41, 5.74) is 3.22. The average Bonchev–Trinajstić information content (AvgIpc) is 2.80. The number of amides is 1. The van der Waals surface area contributed by atoms with Gasteiger partial charge in [0.1, 0.15) is 0 Å². The van der Waals surface area contributed by atoms with Gasteiger partial charge in [-0.1, -0.05) is 24.3 Å². The van der Waals surface area contributed by atoms with Gasteiger partial charge in [-0.25, -0.2) is 9.97 Å². The summed E-state index contributed by atoms with van der Waals surface area (Å²) in [4.78, 5) is 35.4. The van der Waals surface area contributed by atoms with Crippen molar-refractivity contribution in [3.8, 4) is 23.0 Å². The predicted octanol–water partition coefficient (Wildman–Crippen LogP) is 4.89. The molecule has 0 aliphatic carbocycles. The van der Waals surface area contributed by atoms with Gasteiger partial charge in [-0.15, -0.1) is 0 Å². The molecule has 2 aromatic heterocycles. The Balaban J connectivity index is 1.76. The van der Waals surface area contributed by atoms with Crippen molar-refractivity contribution in [3.63, 3.8) is 0 Å². The van der Waals surface area contributed by atoms with E-state index in [1.165, 1.54) is 0 Å². The molecular formula is C26H27N3O4. The minimum absolute atomic E-state index is 0.0393. The number of carbonyl (C=O) groups is 2. The Morgan fingerprint density at radius 2 is 1.61 bits per heavy atom. The van der Waals surface area contributed by atoms with Gasteiger partial charge in [0, 0.05) is 47.5 Å². The average molecular weight is 446 g/mol. The van der Waals surface area contributed by atoms with Gasteiger partial charge >= 0.3 is 5.97 Å². The summed E-state index contributed by atoms with van der Waals surface area (Å²) >= 11 is 0. The highest BCUT2D eigenvalue weighted by Crippen LogP contribution is 2.51. The molecule has 1 N–H and O–H groups in total. The Bertz CT molecular complexity index is 1230. The molecule has 1 amide bonds. The van der Waals surface area contributed by atoms with Gasteiger partial charge in [0.05, 0.1) is 11.1 Å². The molecule has 1 unspecified atom stereocenters. The molecule has 1 aliphatic rings. The molecule has 3 aromatic rings. The molecule has 1 aliphatic heterocycles.